The summed E-state index contributed by atoms with van der Waals surface area (Å²) >= 11 is 0. The van der Waals surface area contributed by atoms with Crippen LogP contribution in [-0.2, 0) is 16.1 Å². The third-order valence-corrected chi connectivity index (χ3v) is 8.14. The van der Waals surface area contributed by atoms with Gasteiger partial charge < -0.3 is 19.9 Å². The Morgan fingerprint density at radius 2 is 1.48 bits per heavy atom. The average Bonchev–Trinajstić information content (AvgIpc) is 3.58. The van der Waals surface area contributed by atoms with Crippen molar-refractivity contribution >= 4 is 11.6 Å². The second kappa shape index (κ2) is 14.0. The Morgan fingerprint density at radius 3 is 2.07 bits per heavy atom. The molecular weight excluding hydrogens is 583 g/mol. The molecule has 3 atom stereocenters. The number of nitrogens with one attached hydrogen (secondary N) is 1. The van der Waals surface area contributed by atoms with Crippen LogP contribution in [0.1, 0.15) is 71.5 Å². The predicted octanol–water partition coefficient (Wildman–Crippen LogP) is 7.10. The van der Waals surface area contributed by atoms with E-state index in [1.54, 1.807) is 12.1 Å². The summed E-state index contributed by atoms with van der Waals surface area (Å²) in [5.41, 5.74) is 0.773. The van der Waals surface area contributed by atoms with E-state index in [2.05, 4.69) is 16.8 Å². The highest BCUT2D eigenvalue weighted by atomic mass is 19.2. The number of nitrogens with zero attached hydrogens (tertiary/aromatic N) is 1. The molecule has 0 radical (unpaired) electrons. The molecule has 44 heavy (non-hydrogen) atoms. The highest BCUT2D eigenvalue weighted by molar-refractivity contribution is 6.04. The Bertz CT molecular complexity index is 1450. The molecule has 0 bridgehead atoms. The zero-order valence-electron chi connectivity index (χ0n) is 23.9. The van der Waals surface area contributed by atoms with Crippen LogP contribution in [0.25, 0.3) is 0 Å². The lowest BCUT2D eigenvalue weighted by atomic mass is 9.99. The molecular formula is C33H33F5N2O4. The third-order valence-electron chi connectivity index (χ3n) is 8.14. The first-order valence-corrected chi connectivity index (χ1v) is 14.5. The fourth-order valence-corrected chi connectivity index (χ4v) is 5.82. The van der Waals surface area contributed by atoms with Gasteiger partial charge in [0.05, 0.1) is 18.8 Å². The van der Waals surface area contributed by atoms with Gasteiger partial charge in [0.2, 0.25) is 5.82 Å². The van der Waals surface area contributed by atoms with Crippen molar-refractivity contribution in [3.63, 3.8) is 0 Å². The van der Waals surface area contributed by atoms with E-state index in [9.17, 15) is 31.9 Å². The fraction of sp³-hybridized carbons (Fsp3) is 0.364. The minimum atomic E-state index is -2.34. The largest absolute Gasteiger partial charge is 0.392 e. The Kier molecular flexibility index (Phi) is 10.1. The van der Waals surface area contributed by atoms with Gasteiger partial charge in [-0.3, -0.25) is 9.69 Å². The van der Waals surface area contributed by atoms with Crippen molar-refractivity contribution in [1.82, 2.24) is 4.90 Å². The number of aliphatic hydroxyl groups is 1. The average molecular weight is 617 g/mol. The van der Waals surface area contributed by atoms with E-state index in [4.69, 9.17) is 9.47 Å². The van der Waals surface area contributed by atoms with Gasteiger partial charge in [-0.05, 0) is 36.1 Å². The van der Waals surface area contributed by atoms with E-state index >= 15 is 0 Å². The molecule has 1 saturated carbocycles. The number of benzene rings is 3. The molecule has 234 valence electrons. The first-order chi connectivity index (χ1) is 21.2. The molecule has 11 heteroatoms. The van der Waals surface area contributed by atoms with Gasteiger partial charge in [-0.2, -0.15) is 0 Å². The number of carbonyl (C=O) groups is 1. The quantitative estimate of drug-likeness (QED) is 0.110. The van der Waals surface area contributed by atoms with Crippen LogP contribution in [0.4, 0.5) is 27.6 Å². The number of hydrogen-bond donors (Lipinski definition) is 2. The van der Waals surface area contributed by atoms with Gasteiger partial charge in [-0.25, -0.2) is 22.0 Å². The van der Waals surface area contributed by atoms with Crippen molar-refractivity contribution < 1.29 is 41.3 Å². The Labute approximate surface area is 252 Å². The molecule has 5 rings (SSSR count). The summed E-state index contributed by atoms with van der Waals surface area (Å²) in [5, 5.41) is 11.6. The first kappa shape index (κ1) is 31.8. The minimum Gasteiger partial charge on any atom is -0.392 e. The summed E-state index contributed by atoms with van der Waals surface area (Å²) in [6.07, 6.45) is 5.75. The van der Waals surface area contributed by atoms with Crippen LogP contribution >= 0.6 is 0 Å². The second-order valence-corrected chi connectivity index (χ2v) is 11.1. The van der Waals surface area contributed by atoms with Crippen LogP contribution in [0.15, 0.2) is 61.2 Å². The lowest BCUT2D eigenvalue weighted by Gasteiger charge is -2.39. The van der Waals surface area contributed by atoms with Crippen LogP contribution in [0.2, 0.25) is 0 Å². The van der Waals surface area contributed by atoms with Gasteiger partial charge in [0.15, 0.2) is 29.6 Å². The van der Waals surface area contributed by atoms with Crippen molar-refractivity contribution in [2.45, 2.75) is 63.3 Å². The van der Waals surface area contributed by atoms with E-state index in [0.717, 1.165) is 30.5 Å². The van der Waals surface area contributed by atoms with Gasteiger partial charge in [-0.1, -0.05) is 55.3 Å². The smallest absolute Gasteiger partial charge is 0.261 e. The number of ether oxygens (including phenoxy) is 2. The zero-order valence-corrected chi connectivity index (χ0v) is 23.9. The molecule has 3 unspecified atom stereocenters. The van der Waals surface area contributed by atoms with Crippen molar-refractivity contribution in [1.29, 1.82) is 0 Å². The van der Waals surface area contributed by atoms with E-state index < -0.39 is 46.8 Å². The van der Waals surface area contributed by atoms with Crippen LogP contribution < -0.4 is 5.32 Å². The van der Waals surface area contributed by atoms with Crippen molar-refractivity contribution in [3.05, 3.63) is 113 Å². The molecule has 0 spiro atoms. The minimum absolute atomic E-state index is 0.0598. The number of aliphatic hydroxyl groups excluding tert-OH is 1. The van der Waals surface area contributed by atoms with E-state index in [-0.39, 0.29) is 24.5 Å². The first-order valence-electron chi connectivity index (χ1n) is 14.5. The predicted molar refractivity (Wildman–Crippen MR) is 153 cm³/mol. The van der Waals surface area contributed by atoms with E-state index in [1.807, 2.05) is 30.3 Å². The lowest BCUT2D eigenvalue weighted by Crippen LogP contribution is -2.43. The molecule has 3 aromatic rings. The number of halogens is 5. The highest BCUT2D eigenvalue weighted by Gasteiger charge is 2.35. The van der Waals surface area contributed by atoms with Gasteiger partial charge in [0.1, 0.15) is 5.56 Å². The molecule has 2 aliphatic rings. The topological polar surface area (TPSA) is 71.0 Å². The molecule has 6 nitrogen and oxygen atoms in total. The molecule has 1 amide bonds. The Hall–Kier alpha value is -3.64. The van der Waals surface area contributed by atoms with Gasteiger partial charge in [0.25, 0.3) is 5.91 Å². The van der Waals surface area contributed by atoms with Crippen molar-refractivity contribution in [3.8, 4) is 0 Å². The molecule has 1 aliphatic heterocycles. The van der Waals surface area contributed by atoms with Crippen LogP contribution in [0.5, 0.6) is 0 Å². The molecule has 2 N–H and O–H groups in total. The molecule has 1 saturated heterocycles. The third kappa shape index (κ3) is 6.86. The number of amides is 1. The summed E-state index contributed by atoms with van der Waals surface area (Å²) in [5.74, 6) is -12.7. The van der Waals surface area contributed by atoms with E-state index in [1.165, 1.54) is 25.0 Å². The standard InChI is InChI=1S/C33H33F5N2O4/c1-2-15-40(23-5-3-4-6-23)17-24-16-25(20-9-7-19(18-41)8-10-20)44-33(43-24)21-11-13-22(14-12-21)39-32(42)26-27(34)29(36)31(38)30(37)28(26)35/h2,7-14,23-25,33,41H,1,3-6,15-18H2,(H,39,42). The monoisotopic (exact) mass is 616 g/mol. The van der Waals surface area contributed by atoms with Crippen LogP contribution in [0.3, 0.4) is 0 Å². The number of hydrogen-bond acceptors (Lipinski definition) is 5. The van der Waals surface area contributed by atoms with Gasteiger partial charge in [0, 0.05) is 36.8 Å². The summed E-state index contributed by atoms with van der Waals surface area (Å²) in [6.45, 7) is 5.24. The molecule has 2 fully saturated rings. The Balaban J connectivity index is 1.35. The highest BCUT2D eigenvalue weighted by Crippen LogP contribution is 2.39. The maximum Gasteiger partial charge on any atom is 0.261 e. The summed E-state index contributed by atoms with van der Waals surface area (Å²) in [4.78, 5) is 14.9. The number of rotatable bonds is 10. The van der Waals surface area contributed by atoms with Crippen molar-refractivity contribution in [2.24, 2.45) is 0 Å². The maximum absolute atomic E-state index is 14.1. The molecule has 0 aromatic heterocycles. The second-order valence-electron chi connectivity index (χ2n) is 11.1. The summed E-state index contributed by atoms with van der Waals surface area (Å²) in [6, 6.07) is 14.0. The van der Waals surface area contributed by atoms with Crippen LogP contribution in [-0.4, -0.2) is 41.1 Å². The molecule has 1 aliphatic carbocycles. The normalized spacial score (nSPS) is 20.7. The summed E-state index contributed by atoms with van der Waals surface area (Å²) in [7, 11) is 0. The molecule has 1 heterocycles. The fourth-order valence-electron chi connectivity index (χ4n) is 5.82. The lowest BCUT2D eigenvalue weighted by molar-refractivity contribution is -0.253. The van der Waals surface area contributed by atoms with E-state index in [0.29, 0.717) is 24.6 Å². The summed E-state index contributed by atoms with van der Waals surface area (Å²) < 4.78 is 81.6. The SMILES string of the molecule is C=CCN(CC1CC(c2ccc(CO)cc2)OC(c2ccc(NC(=O)c3c(F)c(F)c(F)c(F)c3F)cc2)O1)C1CCCC1. The van der Waals surface area contributed by atoms with Crippen LogP contribution in [0, 0.1) is 29.1 Å². The van der Waals surface area contributed by atoms with Gasteiger partial charge >= 0.3 is 0 Å². The molecule has 3 aromatic carbocycles. The Morgan fingerprint density at radius 1 is 0.886 bits per heavy atom. The number of carbonyl (C=O) groups excluding carboxylic acids is 1. The zero-order chi connectivity index (χ0) is 31.4. The maximum atomic E-state index is 14.1. The van der Waals surface area contributed by atoms with Crippen molar-refractivity contribution in [2.75, 3.05) is 18.4 Å². The van der Waals surface area contributed by atoms with Gasteiger partial charge in [-0.15, -0.1) is 6.58 Å². The number of anilines is 1.